The van der Waals surface area contributed by atoms with Gasteiger partial charge in [0.05, 0.1) is 0 Å². The van der Waals surface area contributed by atoms with E-state index in [0.29, 0.717) is 10.6 Å². The number of carboxylic acid groups (broad SMARTS) is 1. The lowest BCUT2D eigenvalue weighted by atomic mass is 10.1. The average molecular weight is 219 g/mol. The average Bonchev–Trinajstić information content (AvgIpc) is 2.66. The Labute approximate surface area is 90.8 Å². The van der Waals surface area contributed by atoms with E-state index >= 15 is 0 Å². The maximum atomic E-state index is 10.7. The zero-order valence-electron chi connectivity index (χ0n) is 7.81. The Kier molecular flexibility index (Phi) is 2.43. The first kappa shape index (κ1) is 9.73. The molecule has 76 valence electrons. The molecule has 2 rings (SSSR count). The molecule has 0 aliphatic heterocycles. The quantitative estimate of drug-likeness (QED) is 0.763. The van der Waals surface area contributed by atoms with Crippen molar-refractivity contribution in [1.29, 1.82) is 0 Å². The van der Waals surface area contributed by atoms with Crippen molar-refractivity contribution in [3.05, 3.63) is 40.6 Å². The van der Waals surface area contributed by atoms with E-state index < -0.39 is 5.97 Å². The Bertz CT molecular complexity index is 505. The lowest BCUT2D eigenvalue weighted by Gasteiger charge is -1.98. The van der Waals surface area contributed by atoms with Crippen LogP contribution >= 0.6 is 11.3 Å². The van der Waals surface area contributed by atoms with Crippen molar-refractivity contribution >= 4 is 23.0 Å². The minimum Gasteiger partial charge on any atom is -0.477 e. The van der Waals surface area contributed by atoms with E-state index in [-0.39, 0.29) is 0 Å². The molecule has 1 aromatic carbocycles. The normalized spacial score (nSPS) is 10.1. The Morgan fingerprint density at radius 1 is 1.27 bits per heavy atom. The molecule has 2 aromatic rings. The van der Waals surface area contributed by atoms with E-state index in [1.807, 2.05) is 23.6 Å². The Morgan fingerprint density at radius 2 is 2.07 bits per heavy atom. The number of anilines is 1. The summed E-state index contributed by atoms with van der Waals surface area (Å²) >= 11 is 1.22. The first-order valence-corrected chi connectivity index (χ1v) is 5.22. The van der Waals surface area contributed by atoms with Gasteiger partial charge in [0.25, 0.3) is 0 Å². The summed E-state index contributed by atoms with van der Waals surface area (Å²) in [5, 5.41) is 10.6. The van der Waals surface area contributed by atoms with Gasteiger partial charge in [0.1, 0.15) is 4.88 Å². The van der Waals surface area contributed by atoms with Gasteiger partial charge in [-0.1, -0.05) is 12.1 Å². The lowest BCUT2D eigenvalue weighted by molar-refractivity contribution is 0.0702. The van der Waals surface area contributed by atoms with E-state index in [1.165, 1.54) is 11.3 Å². The third-order valence-electron chi connectivity index (χ3n) is 2.03. The fourth-order valence-corrected chi connectivity index (χ4v) is 2.07. The zero-order chi connectivity index (χ0) is 10.8. The molecule has 0 aliphatic rings. The number of carboxylic acids is 1. The van der Waals surface area contributed by atoms with Crippen LogP contribution in [0.1, 0.15) is 9.67 Å². The smallest absolute Gasteiger partial charge is 0.345 e. The second-order valence-corrected chi connectivity index (χ2v) is 4.04. The first-order valence-electron chi connectivity index (χ1n) is 4.34. The SMILES string of the molecule is Nc1cccc(-c2csc(C(=O)O)c2)c1. The fourth-order valence-electron chi connectivity index (χ4n) is 1.32. The van der Waals surface area contributed by atoms with E-state index in [9.17, 15) is 4.79 Å². The molecule has 0 unspecified atom stereocenters. The Balaban J connectivity index is 2.41. The molecule has 1 heterocycles. The number of nitrogens with two attached hydrogens (primary N) is 1. The Hall–Kier alpha value is -1.81. The number of hydrogen-bond donors (Lipinski definition) is 2. The highest BCUT2D eigenvalue weighted by Crippen LogP contribution is 2.26. The molecular weight excluding hydrogens is 210 g/mol. The van der Waals surface area contributed by atoms with Crippen molar-refractivity contribution in [1.82, 2.24) is 0 Å². The van der Waals surface area contributed by atoms with Gasteiger partial charge in [-0.2, -0.15) is 0 Å². The number of hydrogen-bond acceptors (Lipinski definition) is 3. The monoisotopic (exact) mass is 219 g/mol. The summed E-state index contributed by atoms with van der Waals surface area (Å²) in [6, 6.07) is 9.04. The van der Waals surface area contributed by atoms with Crippen LogP contribution in [0, 0.1) is 0 Å². The third-order valence-corrected chi connectivity index (χ3v) is 2.95. The molecule has 0 aliphatic carbocycles. The molecule has 0 radical (unpaired) electrons. The maximum Gasteiger partial charge on any atom is 0.345 e. The van der Waals surface area contributed by atoms with Gasteiger partial charge in [-0.3, -0.25) is 0 Å². The number of rotatable bonds is 2. The third kappa shape index (κ3) is 1.99. The van der Waals surface area contributed by atoms with Gasteiger partial charge in [-0.15, -0.1) is 11.3 Å². The second-order valence-electron chi connectivity index (χ2n) is 3.13. The molecule has 0 amide bonds. The summed E-state index contributed by atoms with van der Waals surface area (Å²) in [5.74, 6) is -0.893. The lowest BCUT2D eigenvalue weighted by Crippen LogP contribution is -1.90. The van der Waals surface area contributed by atoms with E-state index in [2.05, 4.69) is 0 Å². The minimum absolute atomic E-state index is 0.340. The molecule has 0 saturated carbocycles. The standard InChI is InChI=1S/C11H9NO2S/c12-9-3-1-2-7(4-9)8-5-10(11(13)14)15-6-8/h1-6H,12H2,(H,13,14). The van der Waals surface area contributed by atoms with Crippen LogP contribution in [-0.4, -0.2) is 11.1 Å². The van der Waals surface area contributed by atoms with E-state index in [4.69, 9.17) is 10.8 Å². The summed E-state index contributed by atoms with van der Waals surface area (Å²) in [7, 11) is 0. The molecule has 1 aromatic heterocycles. The molecule has 0 saturated heterocycles. The van der Waals surface area contributed by atoms with Crippen LogP contribution < -0.4 is 5.73 Å². The van der Waals surface area contributed by atoms with Crippen molar-refractivity contribution < 1.29 is 9.90 Å². The van der Waals surface area contributed by atoms with Crippen LogP contribution in [0.3, 0.4) is 0 Å². The van der Waals surface area contributed by atoms with Crippen molar-refractivity contribution in [2.24, 2.45) is 0 Å². The van der Waals surface area contributed by atoms with Gasteiger partial charge in [0.15, 0.2) is 0 Å². The second kappa shape index (κ2) is 3.74. The van der Waals surface area contributed by atoms with Gasteiger partial charge in [0, 0.05) is 5.69 Å². The maximum absolute atomic E-state index is 10.7. The van der Waals surface area contributed by atoms with Gasteiger partial charge in [-0.25, -0.2) is 4.79 Å². The molecule has 0 spiro atoms. The number of aromatic carboxylic acids is 1. The zero-order valence-corrected chi connectivity index (χ0v) is 8.62. The molecule has 15 heavy (non-hydrogen) atoms. The van der Waals surface area contributed by atoms with Crippen LogP contribution in [0.2, 0.25) is 0 Å². The predicted octanol–water partition coefficient (Wildman–Crippen LogP) is 2.70. The van der Waals surface area contributed by atoms with Crippen molar-refractivity contribution in [3.8, 4) is 11.1 Å². The topological polar surface area (TPSA) is 63.3 Å². The minimum atomic E-state index is -0.893. The van der Waals surface area contributed by atoms with Gasteiger partial charge in [-0.05, 0) is 34.7 Å². The molecule has 0 bridgehead atoms. The summed E-state index contributed by atoms with van der Waals surface area (Å²) in [4.78, 5) is 11.0. The summed E-state index contributed by atoms with van der Waals surface area (Å²) in [6.45, 7) is 0. The molecule has 3 N–H and O–H groups in total. The number of carbonyl (C=O) groups is 1. The summed E-state index contributed by atoms with van der Waals surface area (Å²) < 4.78 is 0. The van der Waals surface area contributed by atoms with Crippen LogP contribution in [-0.2, 0) is 0 Å². The highest BCUT2D eigenvalue weighted by Gasteiger charge is 2.07. The van der Waals surface area contributed by atoms with Crippen molar-refractivity contribution in [2.45, 2.75) is 0 Å². The van der Waals surface area contributed by atoms with Gasteiger partial charge < -0.3 is 10.8 Å². The van der Waals surface area contributed by atoms with Crippen LogP contribution in [0.5, 0.6) is 0 Å². The largest absolute Gasteiger partial charge is 0.477 e. The predicted molar refractivity (Wildman–Crippen MR) is 61.1 cm³/mol. The Morgan fingerprint density at radius 3 is 2.67 bits per heavy atom. The summed E-state index contributed by atoms with van der Waals surface area (Å²) in [5.41, 5.74) is 8.16. The van der Waals surface area contributed by atoms with Crippen molar-refractivity contribution in [2.75, 3.05) is 5.73 Å². The first-order chi connectivity index (χ1) is 7.16. The molecule has 4 heteroatoms. The summed E-state index contributed by atoms with van der Waals surface area (Å²) in [6.07, 6.45) is 0. The highest BCUT2D eigenvalue weighted by molar-refractivity contribution is 7.12. The van der Waals surface area contributed by atoms with Crippen LogP contribution in [0.25, 0.3) is 11.1 Å². The number of benzene rings is 1. The molecule has 3 nitrogen and oxygen atoms in total. The van der Waals surface area contributed by atoms with Crippen LogP contribution in [0.4, 0.5) is 5.69 Å². The van der Waals surface area contributed by atoms with E-state index in [0.717, 1.165) is 11.1 Å². The molecule has 0 fully saturated rings. The van der Waals surface area contributed by atoms with Gasteiger partial charge >= 0.3 is 5.97 Å². The number of thiophene rings is 1. The highest BCUT2D eigenvalue weighted by atomic mass is 32.1. The fraction of sp³-hybridized carbons (Fsp3) is 0. The van der Waals surface area contributed by atoms with Crippen LogP contribution in [0.15, 0.2) is 35.7 Å². The van der Waals surface area contributed by atoms with Gasteiger partial charge in [0.2, 0.25) is 0 Å². The molecular formula is C11H9NO2S. The van der Waals surface area contributed by atoms with Crippen molar-refractivity contribution in [3.63, 3.8) is 0 Å². The van der Waals surface area contributed by atoms with E-state index in [1.54, 1.807) is 12.1 Å². The number of nitrogen functional groups attached to an aromatic ring is 1. The molecule has 0 atom stereocenters.